The summed E-state index contributed by atoms with van der Waals surface area (Å²) in [5, 5.41) is 0. The Balaban J connectivity index is 1.48. The third-order valence-electron chi connectivity index (χ3n) is 8.22. The highest BCUT2D eigenvalue weighted by Gasteiger charge is 2.42. The van der Waals surface area contributed by atoms with Crippen molar-refractivity contribution in [1.29, 1.82) is 0 Å². The Morgan fingerprint density at radius 3 is 1.88 bits per heavy atom. The normalized spacial score (nSPS) is 12.0. The molecule has 0 amide bonds. The molecule has 3 rings (SSSR count). The zero-order chi connectivity index (χ0) is 35.5. The standard InChI is InChI=1S/C39H49F4NO5/c1-3-5-7-9-11-12-14-16-26-47-31-21-18-29(19-22-31)35-25-20-30(28-44-35)37(45)48-32-23-24-33(34(40)27-32)38(46)49-36(39(41,42)43)17-15-13-10-8-6-4-2/h18-25,27-28,36H,3-17,26H2,1-2H3. The van der Waals surface area contributed by atoms with Crippen LogP contribution >= 0.6 is 0 Å². The first-order valence-electron chi connectivity index (χ1n) is 17.6. The molecule has 1 unspecified atom stereocenters. The van der Waals surface area contributed by atoms with Crippen molar-refractivity contribution >= 4 is 11.9 Å². The molecule has 10 heteroatoms. The minimum absolute atomic E-state index is 0.0978. The number of unbranched alkanes of at least 4 members (excludes halogenated alkanes) is 12. The number of carbonyl (C=O) groups is 2. The van der Waals surface area contributed by atoms with Gasteiger partial charge in [-0.25, -0.2) is 14.0 Å². The molecule has 49 heavy (non-hydrogen) atoms. The van der Waals surface area contributed by atoms with Gasteiger partial charge >= 0.3 is 18.1 Å². The molecule has 0 radical (unpaired) electrons. The number of rotatable bonds is 22. The Morgan fingerprint density at radius 2 is 1.31 bits per heavy atom. The lowest BCUT2D eigenvalue weighted by Gasteiger charge is -2.21. The Kier molecular flexibility index (Phi) is 17.1. The Bertz CT molecular complexity index is 1410. The molecule has 1 aromatic heterocycles. The van der Waals surface area contributed by atoms with Gasteiger partial charge in [-0.05, 0) is 67.8 Å². The smallest absolute Gasteiger partial charge is 0.425 e. The number of benzene rings is 2. The number of halogens is 4. The maximum absolute atomic E-state index is 14.8. The summed E-state index contributed by atoms with van der Waals surface area (Å²) in [5.41, 5.74) is 0.852. The number of carbonyl (C=O) groups excluding carboxylic acids is 2. The Labute approximate surface area is 287 Å². The highest BCUT2D eigenvalue weighted by atomic mass is 19.4. The number of hydrogen-bond acceptors (Lipinski definition) is 6. The van der Waals surface area contributed by atoms with Gasteiger partial charge in [-0.2, -0.15) is 13.2 Å². The second kappa shape index (κ2) is 21.2. The van der Waals surface area contributed by atoms with Crippen molar-refractivity contribution in [3.63, 3.8) is 0 Å². The van der Waals surface area contributed by atoms with Crippen LogP contribution in [0.2, 0.25) is 0 Å². The van der Waals surface area contributed by atoms with Crippen molar-refractivity contribution < 1.29 is 41.4 Å². The van der Waals surface area contributed by atoms with Crippen LogP contribution in [0.1, 0.15) is 131 Å². The van der Waals surface area contributed by atoms with Crippen LogP contribution in [0.4, 0.5) is 17.6 Å². The quantitative estimate of drug-likeness (QED) is 0.0453. The molecule has 1 atom stereocenters. The van der Waals surface area contributed by atoms with Crippen LogP contribution in [0.15, 0.2) is 60.8 Å². The molecule has 3 aromatic rings. The van der Waals surface area contributed by atoms with E-state index in [1.807, 2.05) is 31.2 Å². The van der Waals surface area contributed by atoms with E-state index in [1.54, 1.807) is 6.07 Å². The van der Waals surface area contributed by atoms with Crippen LogP contribution in [0.3, 0.4) is 0 Å². The Hall–Kier alpha value is -3.95. The molecule has 0 saturated heterocycles. The Morgan fingerprint density at radius 1 is 0.714 bits per heavy atom. The van der Waals surface area contributed by atoms with Gasteiger partial charge < -0.3 is 14.2 Å². The molecule has 0 bridgehead atoms. The lowest BCUT2D eigenvalue weighted by molar-refractivity contribution is -0.206. The van der Waals surface area contributed by atoms with E-state index in [0.717, 1.165) is 68.0 Å². The third-order valence-corrected chi connectivity index (χ3v) is 8.22. The van der Waals surface area contributed by atoms with Crippen molar-refractivity contribution in [3.05, 3.63) is 77.7 Å². The summed E-state index contributed by atoms with van der Waals surface area (Å²) in [6, 6.07) is 13.5. The van der Waals surface area contributed by atoms with Gasteiger partial charge in [0.1, 0.15) is 17.3 Å². The van der Waals surface area contributed by atoms with Gasteiger partial charge in [-0.1, -0.05) is 90.9 Å². The predicted octanol–water partition coefficient (Wildman–Crippen LogP) is 11.5. The van der Waals surface area contributed by atoms with Crippen molar-refractivity contribution in [2.45, 2.75) is 122 Å². The number of aromatic nitrogens is 1. The molecule has 6 nitrogen and oxygen atoms in total. The van der Waals surface area contributed by atoms with Gasteiger partial charge in [0.05, 0.1) is 23.4 Å². The molecule has 268 valence electrons. The second-order valence-electron chi connectivity index (χ2n) is 12.3. The van der Waals surface area contributed by atoms with E-state index in [0.29, 0.717) is 18.7 Å². The molecular formula is C39H49F4NO5. The van der Waals surface area contributed by atoms with E-state index in [2.05, 4.69) is 16.6 Å². The van der Waals surface area contributed by atoms with Crippen molar-refractivity contribution in [3.8, 4) is 22.8 Å². The molecule has 2 aromatic carbocycles. The molecule has 1 heterocycles. The number of esters is 2. The first-order chi connectivity index (χ1) is 23.6. The summed E-state index contributed by atoms with van der Waals surface area (Å²) in [4.78, 5) is 29.5. The van der Waals surface area contributed by atoms with E-state index in [-0.39, 0.29) is 17.7 Å². The summed E-state index contributed by atoms with van der Waals surface area (Å²) in [6.45, 7) is 4.93. The van der Waals surface area contributed by atoms with Gasteiger partial charge in [-0.3, -0.25) is 4.98 Å². The molecule has 0 aliphatic carbocycles. The van der Waals surface area contributed by atoms with Gasteiger partial charge in [0, 0.05) is 17.8 Å². The monoisotopic (exact) mass is 687 g/mol. The fourth-order valence-electron chi connectivity index (χ4n) is 5.32. The summed E-state index contributed by atoms with van der Waals surface area (Å²) in [5.74, 6) is -2.90. The predicted molar refractivity (Wildman–Crippen MR) is 182 cm³/mol. The van der Waals surface area contributed by atoms with Crippen molar-refractivity contribution in [1.82, 2.24) is 4.98 Å². The van der Waals surface area contributed by atoms with Gasteiger partial charge in [-0.15, -0.1) is 0 Å². The minimum atomic E-state index is -4.78. The molecule has 0 saturated carbocycles. The number of pyridine rings is 1. The van der Waals surface area contributed by atoms with Gasteiger partial charge in [0.2, 0.25) is 0 Å². The maximum Gasteiger partial charge on any atom is 0.425 e. The average molecular weight is 688 g/mol. The highest BCUT2D eigenvalue weighted by Crippen LogP contribution is 2.29. The minimum Gasteiger partial charge on any atom is -0.494 e. The molecule has 0 aliphatic rings. The number of nitrogens with zero attached hydrogens (tertiary/aromatic N) is 1. The fourth-order valence-corrected chi connectivity index (χ4v) is 5.32. The number of hydrogen-bond donors (Lipinski definition) is 0. The largest absolute Gasteiger partial charge is 0.494 e. The lowest BCUT2D eigenvalue weighted by Crippen LogP contribution is -2.34. The van der Waals surface area contributed by atoms with Crippen LogP contribution in [0.25, 0.3) is 11.3 Å². The maximum atomic E-state index is 14.8. The fraction of sp³-hybridized carbons (Fsp3) is 0.513. The summed E-state index contributed by atoms with van der Waals surface area (Å²) in [6.07, 6.45) is 8.25. The topological polar surface area (TPSA) is 74.7 Å². The van der Waals surface area contributed by atoms with Crippen molar-refractivity contribution in [2.24, 2.45) is 0 Å². The van der Waals surface area contributed by atoms with E-state index in [1.165, 1.54) is 50.8 Å². The molecule has 0 fully saturated rings. The lowest BCUT2D eigenvalue weighted by atomic mass is 10.1. The second-order valence-corrected chi connectivity index (χ2v) is 12.3. The zero-order valence-electron chi connectivity index (χ0n) is 28.7. The summed E-state index contributed by atoms with van der Waals surface area (Å²) in [7, 11) is 0. The first-order valence-corrected chi connectivity index (χ1v) is 17.6. The van der Waals surface area contributed by atoms with Crippen LogP contribution < -0.4 is 9.47 Å². The van der Waals surface area contributed by atoms with Crippen LogP contribution in [-0.4, -0.2) is 35.8 Å². The van der Waals surface area contributed by atoms with E-state index in [9.17, 15) is 27.2 Å². The molecular weight excluding hydrogens is 638 g/mol. The van der Waals surface area contributed by atoms with Crippen molar-refractivity contribution in [2.75, 3.05) is 6.61 Å². The van der Waals surface area contributed by atoms with Crippen LogP contribution in [0, 0.1) is 5.82 Å². The van der Waals surface area contributed by atoms with E-state index >= 15 is 0 Å². The number of alkyl halides is 3. The van der Waals surface area contributed by atoms with Gasteiger partial charge in [0.15, 0.2) is 6.10 Å². The van der Waals surface area contributed by atoms with E-state index in [4.69, 9.17) is 9.47 Å². The van der Waals surface area contributed by atoms with Crippen LogP contribution in [0.5, 0.6) is 11.5 Å². The highest BCUT2D eigenvalue weighted by molar-refractivity contribution is 5.92. The third kappa shape index (κ3) is 14.2. The first kappa shape index (κ1) is 39.5. The summed E-state index contributed by atoms with van der Waals surface area (Å²) >= 11 is 0. The van der Waals surface area contributed by atoms with E-state index < -0.39 is 42.0 Å². The van der Waals surface area contributed by atoms with Gasteiger partial charge in [0.25, 0.3) is 0 Å². The molecule has 0 spiro atoms. The average Bonchev–Trinajstić information content (AvgIpc) is 3.08. The molecule has 0 N–H and O–H groups in total. The molecule has 0 aliphatic heterocycles. The SMILES string of the molecule is CCCCCCCCCCOc1ccc(-c2ccc(C(=O)Oc3ccc(C(=O)OC(CCCCCCCC)C(F)(F)F)c(F)c3)cn2)cc1. The zero-order valence-corrected chi connectivity index (χ0v) is 28.7. The summed E-state index contributed by atoms with van der Waals surface area (Å²) < 4.78 is 71.0. The number of ether oxygens (including phenoxy) is 3. The van der Waals surface area contributed by atoms with Crippen LogP contribution in [-0.2, 0) is 4.74 Å².